The normalized spacial score (nSPS) is 18.6. The van der Waals surface area contributed by atoms with Gasteiger partial charge in [-0.05, 0) is 12.0 Å². The molecule has 2 N–H and O–H groups in total. The zero-order chi connectivity index (χ0) is 13.6. The number of hydrogen-bond acceptors (Lipinski definition) is 2. The zero-order valence-electron chi connectivity index (χ0n) is 10.7. The first kappa shape index (κ1) is 12.0. The molecule has 3 rings (SSSR count). The zero-order valence-corrected chi connectivity index (χ0v) is 10.7. The van der Waals surface area contributed by atoms with Crippen LogP contribution in [0.15, 0.2) is 18.2 Å². The number of H-pyrrole nitrogens is 1. The third kappa shape index (κ3) is 1.75. The fourth-order valence-corrected chi connectivity index (χ4v) is 2.92. The van der Waals surface area contributed by atoms with Gasteiger partial charge in [0.2, 0.25) is 0 Å². The molecule has 0 saturated carbocycles. The van der Waals surface area contributed by atoms with E-state index in [2.05, 4.69) is 11.9 Å². The Balaban J connectivity index is 2.21. The quantitative estimate of drug-likeness (QED) is 0.868. The van der Waals surface area contributed by atoms with Crippen LogP contribution < -0.4 is 0 Å². The van der Waals surface area contributed by atoms with Gasteiger partial charge in [0.25, 0.3) is 0 Å². The highest BCUT2D eigenvalue weighted by molar-refractivity contribution is 6.11. The Morgan fingerprint density at radius 2 is 2.21 bits per heavy atom. The van der Waals surface area contributed by atoms with E-state index in [1.165, 1.54) is 0 Å². The van der Waals surface area contributed by atoms with Crippen molar-refractivity contribution < 1.29 is 14.7 Å². The molecule has 4 nitrogen and oxygen atoms in total. The summed E-state index contributed by atoms with van der Waals surface area (Å²) in [7, 11) is 0. The van der Waals surface area contributed by atoms with Gasteiger partial charge in [0, 0.05) is 35.0 Å². The Labute approximate surface area is 110 Å². The molecule has 1 aliphatic carbocycles. The number of carboxylic acid groups (broad SMARTS) is 1. The smallest absolute Gasteiger partial charge is 0.307 e. The van der Waals surface area contributed by atoms with Crippen LogP contribution in [0.1, 0.15) is 35.0 Å². The molecule has 0 fully saturated rings. The third-order valence-electron chi connectivity index (χ3n) is 3.89. The van der Waals surface area contributed by atoms with Crippen LogP contribution >= 0.6 is 0 Å². The lowest BCUT2D eigenvalue weighted by Gasteiger charge is -2.17. The maximum atomic E-state index is 12.2. The lowest BCUT2D eigenvalue weighted by atomic mass is 9.86. The first-order chi connectivity index (χ1) is 9.11. The highest BCUT2D eigenvalue weighted by Gasteiger charge is 2.32. The molecule has 1 aromatic carbocycles. The second-order valence-electron chi connectivity index (χ2n) is 5.04. The molecule has 1 heterocycles. The van der Waals surface area contributed by atoms with Crippen molar-refractivity contribution in [3.05, 3.63) is 35.0 Å². The molecule has 2 aromatic rings. The molecular formula is C15H15NO3. The van der Waals surface area contributed by atoms with E-state index >= 15 is 0 Å². The van der Waals surface area contributed by atoms with E-state index in [4.69, 9.17) is 5.11 Å². The van der Waals surface area contributed by atoms with Gasteiger partial charge in [0.05, 0.1) is 5.92 Å². The number of rotatable bonds is 2. The van der Waals surface area contributed by atoms with Gasteiger partial charge < -0.3 is 10.1 Å². The number of benzene rings is 1. The predicted molar refractivity (Wildman–Crippen MR) is 71.5 cm³/mol. The van der Waals surface area contributed by atoms with E-state index in [1.54, 1.807) is 0 Å². The molecule has 0 amide bonds. The Kier molecular flexibility index (Phi) is 2.66. The molecule has 0 bridgehead atoms. The van der Waals surface area contributed by atoms with Crippen LogP contribution in [0.5, 0.6) is 0 Å². The van der Waals surface area contributed by atoms with Crippen molar-refractivity contribution in [2.75, 3.05) is 0 Å². The summed E-state index contributed by atoms with van der Waals surface area (Å²) in [5, 5.41) is 10.0. The van der Waals surface area contributed by atoms with Crippen molar-refractivity contribution in [2.45, 2.75) is 26.2 Å². The number of ketones is 1. The second-order valence-corrected chi connectivity index (χ2v) is 5.04. The maximum absolute atomic E-state index is 12.2. The van der Waals surface area contributed by atoms with Gasteiger partial charge in [-0.25, -0.2) is 0 Å². The number of Topliss-reactive ketones (excluding diaryl/α,β-unsaturated/α-hetero) is 1. The van der Waals surface area contributed by atoms with E-state index in [9.17, 15) is 9.59 Å². The Morgan fingerprint density at radius 3 is 2.89 bits per heavy atom. The number of fused-ring (bicyclic) bond motifs is 3. The van der Waals surface area contributed by atoms with E-state index in [0.29, 0.717) is 12.0 Å². The first-order valence-electron chi connectivity index (χ1n) is 6.50. The standard InChI is InChI=1S/C15H15NO3/c1-2-8-4-3-5-10-13-11(16-14(8)10)6-9(15(18)19)7-12(13)17/h3-5,9,16H,2,6-7H2,1H3,(H,18,19). The predicted octanol–water partition coefficient (Wildman–Crippen LogP) is 2.56. The molecule has 0 spiro atoms. The maximum Gasteiger partial charge on any atom is 0.307 e. The van der Waals surface area contributed by atoms with E-state index in [0.717, 1.165) is 28.6 Å². The Bertz CT molecular complexity index is 684. The average Bonchev–Trinajstić information content (AvgIpc) is 2.77. The number of aliphatic carboxylic acids is 1. The van der Waals surface area contributed by atoms with Crippen molar-refractivity contribution in [1.82, 2.24) is 4.98 Å². The lowest BCUT2D eigenvalue weighted by Crippen LogP contribution is -2.25. The van der Waals surface area contributed by atoms with Gasteiger partial charge in [0.1, 0.15) is 0 Å². The SMILES string of the molecule is CCc1cccc2c3c([nH]c12)CC(C(=O)O)CC3=O. The number of carbonyl (C=O) groups is 2. The fraction of sp³-hybridized carbons (Fsp3) is 0.333. The minimum atomic E-state index is -0.895. The van der Waals surface area contributed by atoms with Crippen molar-refractivity contribution in [1.29, 1.82) is 0 Å². The van der Waals surface area contributed by atoms with Gasteiger partial charge in [0.15, 0.2) is 5.78 Å². The number of carbonyl (C=O) groups excluding carboxylic acids is 1. The summed E-state index contributed by atoms with van der Waals surface area (Å²) in [5.74, 6) is -1.56. The molecule has 1 aliphatic rings. The summed E-state index contributed by atoms with van der Waals surface area (Å²) in [6.45, 7) is 2.07. The minimum Gasteiger partial charge on any atom is -0.481 e. The largest absolute Gasteiger partial charge is 0.481 e. The number of hydrogen-bond donors (Lipinski definition) is 2. The summed E-state index contributed by atoms with van der Waals surface area (Å²) in [6, 6.07) is 5.91. The molecule has 0 radical (unpaired) electrons. The highest BCUT2D eigenvalue weighted by Crippen LogP contribution is 2.33. The summed E-state index contributed by atoms with van der Waals surface area (Å²) in [4.78, 5) is 26.5. The van der Waals surface area contributed by atoms with Gasteiger partial charge in [-0.3, -0.25) is 9.59 Å². The molecule has 4 heteroatoms. The molecule has 19 heavy (non-hydrogen) atoms. The lowest BCUT2D eigenvalue weighted by molar-refractivity contribution is -0.141. The van der Waals surface area contributed by atoms with Crippen LogP contribution in [-0.2, 0) is 17.6 Å². The molecule has 98 valence electrons. The molecule has 0 saturated heterocycles. The molecule has 1 atom stereocenters. The number of para-hydroxylation sites is 1. The van der Waals surface area contributed by atoms with Crippen molar-refractivity contribution in [3.8, 4) is 0 Å². The van der Waals surface area contributed by atoms with Crippen LogP contribution in [-0.4, -0.2) is 21.8 Å². The Morgan fingerprint density at radius 1 is 1.42 bits per heavy atom. The van der Waals surface area contributed by atoms with Crippen LogP contribution in [0.25, 0.3) is 10.9 Å². The average molecular weight is 257 g/mol. The number of aryl methyl sites for hydroxylation is 1. The minimum absolute atomic E-state index is 0.0619. The van der Waals surface area contributed by atoms with Crippen LogP contribution in [0.3, 0.4) is 0 Å². The summed E-state index contributed by atoms with van der Waals surface area (Å²) < 4.78 is 0. The molecule has 1 unspecified atom stereocenters. The van der Waals surface area contributed by atoms with Gasteiger partial charge in [-0.1, -0.05) is 25.1 Å². The van der Waals surface area contributed by atoms with Crippen LogP contribution in [0, 0.1) is 5.92 Å². The second kappa shape index (κ2) is 4.23. The van der Waals surface area contributed by atoms with Crippen molar-refractivity contribution in [3.63, 3.8) is 0 Å². The van der Waals surface area contributed by atoms with Gasteiger partial charge in [-0.15, -0.1) is 0 Å². The third-order valence-corrected chi connectivity index (χ3v) is 3.89. The molecule has 0 aliphatic heterocycles. The first-order valence-corrected chi connectivity index (χ1v) is 6.50. The number of nitrogens with one attached hydrogen (secondary N) is 1. The summed E-state index contributed by atoms with van der Waals surface area (Å²) in [5.41, 5.74) is 3.61. The molecular weight excluding hydrogens is 242 g/mol. The van der Waals surface area contributed by atoms with Gasteiger partial charge >= 0.3 is 5.97 Å². The van der Waals surface area contributed by atoms with Gasteiger partial charge in [-0.2, -0.15) is 0 Å². The fourth-order valence-electron chi connectivity index (χ4n) is 2.92. The van der Waals surface area contributed by atoms with Crippen LogP contribution in [0.2, 0.25) is 0 Å². The van der Waals surface area contributed by atoms with Crippen molar-refractivity contribution in [2.24, 2.45) is 5.92 Å². The summed E-state index contributed by atoms with van der Waals surface area (Å²) in [6.07, 6.45) is 1.40. The monoisotopic (exact) mass is 257 g/mol. The number of carboxylic acids is 1. The summed E-state index contributed by atoms with van der Waals surface area (Å²) >= 11 is 0. The van der Waals surface area contributed by atoms with Crippen molar-refractivity contribution >= 4 is 22.7 Å². The van der Waals surface area contributed by atoms with E-state index in [1.807, 2.05) is 18.2 Å². The van der Waals surface area contributed by atoms with E-state index < -0.39 is 11.9 Å². The molecule has 1 aromatic heterocycles. The Hall–Kier alpha value is -2.10. The highest BCUT2D eigenvalue weighted by atomic mass is 16.4. The number of aromatic nitrogens is 1. The van der Waals surface area contributed by atoms with Crippen LogP contribution in [0.4, 0.5) is 0 Å². The van der Waals surface area contributed by atoms with E-state index in [-0.39, 0.29) is 12.2 Å². The topological polar surface area (TPSA) is 70.2 Å². The number of aromatic amines is 1.